The lowest BCUT2D eigenvalue weighted by atomic mass is 10.1. The van der Waals surface area contributed by atoms with E-state index in [1.165, 1.54) is 6.33 Å². The van der Waals surface area contributed by atoms with Crippen LogP contribution in [0.4, 0.5) is 0 Å². The molecule has 0 saturated heterocycles. The van der Waals surface area contributed by atoms with E-state index >= 15 is 0 Å². The third-order valence-electron chi connectivity index (χ3n) is 2.90. The molecule has 0 aliphatic carbocycles. The molecule has 0 bridgehead atoms. The van der Waals surface area contributed by atoms with Gasteiger partial charge in [-0.1, -0.05) is 29.8 Å². The highest BCUT2D eigenvalue weighted by molar-refractivity contribution is 6.30. The first kappa shape index (κ1) is 11.1. The van der Waals surface area contributed by atoms with Crippen LogP contribution in [0.2, 0.25) is 5.15 Å². The van der Waals surface area contributed by atoms with Gasteiger partial charge in [0, 0.05) is 22.7 Å². The lowest BCUT2D eigenvalue weighted by molar-refractivity contribution is 1.13. The van der Waals surface area contributed by atoms with Gasteiger partial charge >= 0.3 is 0 Å². The van der Waals surface area contributed by atoms with Crippen LogP contribution in [0.3, 0.4) is 0 Å². The standard InChI is InChI=1S/C14H10ClN3/c1-9-13(17-8-18-14(9)15)11-5-4-10-3-2-6-16-12(10)7-11/h2-8H,1H3. The molecule has 0 unspecified atom stereocenters. The molecule has 0 atom stereocenters. The van der Waals surface area contributed by atoms with Gasteiger partial charge in [0.15, 0.2) is 0 Å². The Balaban J connectivity index is 2.22. The van der Waals surface area contributed by atoms with Crippen molar-refractivity contribution in [3.63, 3.8) is 0 Å². The zero-order chi connectivity index (χ0) is 12.5. The van der Waals surface area contributed by atoms with Crippen molar-refractivity contribution < 1.29 is 0 Å². The summed E-state index contributed by atoms with van der Waals surface area (Å²) in [5.74, 6) is 0. The number of hydrogen-bond acceptors (Lipinski definition) is 3. The number of fused-ring (bicyclic) bond motifs is 1. The molecule has 3 nitrogen and oxygen atoms in total. The summed E-state index contributed by atoms with van der Waals surface area (Å²) in [6, 6.07) is 10.0. The molecule has 0 amide bonds. The van der Waals surface area contributed by atoms with Crippen LogP contribution in [0.5, 0.6) is 0 Å². The van der Waals surface area contributed by atoms with Crippen molar-refractivity contribution in [2.45, 2.75) is 6.92 Å². The summed E-state index contributed by atoms with van der Waals surface area (Å²) < 4.78 is 0. The summed E-state index contributed by atoms with van der Waals surface area (Å²) in [7, 11) is 0. The normalized spacial score (nSPS) is 10.8. The van der Waals surface area contributed by atoms with Gasteiger partial charge < -0.3 is 0 Å². The van der Waals surface area contributed by atoms with E-state index in [1.807, 2.05) is 37.3 Å². The van der Waals surface area contributed by atoms with E-state index in [1.54, 1.807) is 6.20 Å². The van der Waals surface area contributed by atoms with Crippen LogP contribution in [0.1, 0.15) is 5.56 Å². The molecule has 0 fully saturated rings. The molecule has 88 valence electrons. The molecule has 0 N–H and O–H groups in total. The predicted molar refractivity (Wildman–Crippen MR) is 72.5 cm³/mol. The van der Waals surface area contributed by atoms with Crippen LogP contribution in [-0.4, -0.2) is 15.0 Å². The zero-order valence-electron chi connectivity index (χ0n) is 9.76. The fraction of sp³-hybridized carbons (Fsp3) is 0.0714. The maximum absolute atomic E-state index is 6.02. The molecular formula is C14H10ClN3. The molecule has 1 aromatic carbocycles. The van der Waals surface area contributed by atoms with Gasteiger partial charge in [-0.25, -0.2) is 9.97 Å². The van der Waals surface area contributed by atoms with Gasteiger partial charge in [-0.15, -0.1) is 0 Å². The molecule has 0 spiro atoms. The van der Waals surface area contributed by atoms with Crippen molar-refractivity contribution in [3.05, 3.63) is 53.6 Å². The Bertz CT molecular complexity index is 725. The summed E-state index contributed by atoms with van der Waals surface area (Å²) >= 11 is 6.02. The van der Waals surface area contributed by atoms with Crippen molar-refractivity contribution in [2.75, 3.05) is 0 Å². The Morgan fingerprint density at radius 2 is 1.94 bits per heavy atom. The maximum Gasteiger partial charge on any atom is 0.135 e. The molecule has 3 aromatic rings. The third kappa shape index (κ3) is 1.83. The Morgan fingerprint density at radius 3 is 2.83 bits per heavy atom. The summed E-state index contributed by atoms with van der Waals surface area (Å²) in [5.41, 5.74) is 3.68. The fourth-order valence-corrected chi connectivity index (χ4v) is 2.07. The predicted octanol–water partition coefficient (Wildman–Crippen LogP) is 3.65. The summed E-state index contributed by atoms with van der Waals surface area (Å²) in [6.07, 6.45) is 3.26. The zero-order valence-corrected chi connectivity index (χ0v) is 10.5. The number of hydrogen-bond donors (Lipinski definition) is 0. The molecule has 0 aliphatic heterocycles. The van der Waals surface area contributed by atoms with Crippen LogP contribution >= 0.6 is 11.6 Å². The summed E-state index contributed by atoms with van der Waals surface area (Å²) in [4.78, 5) is 12.6. The second-order valence-corrected chi connectivity index (χ2v) is 4.41. The molecule has 0 radical (unpaired) electrons. The van der Waals surface area contributed by atoms with Gasteiger partial charge in [0.2, 0.25) is 0 Å². The minimum atomic E-state index is 0.487. The van der Waals surface area contributed by atoms with E-state index in [4.69, 9.17) is 11.6 Å². The summed E-state index contributed by atoms with van der Waals surface area (Å²) in [6.45, 7) is 1.92. The van der Waals surface area contributed by atoms with Gasteiger partial charge in [0.1, 0.15) is 11.5 Å². The van der Waals surface area contributed by atoms with Crippen molar-refractivity contribution in [1.29, 1.82) is 0 Å². The number of nitrogens with zero attached hydrogens (tertiary/aromatic N) is 3. The van der Waals surface area contributed by atoms with Crippen molar-refractivity contribution in [2.24, 2.45) is 0 Å². The maximum atomic E-state index is 6.02. The van der Waals surface area contributed by atoms with Crippen molar-refractivity contribution in [1.82, 2.24) is 15.0 Å². The Hall–Kier alpha value is -2.00. The van der Waals surface area contributed by atoms with Crippen LogP contribution in [0, 0.1) is 6.92 Å². The highest BCUT2D eigenvalue weighted by Gasteiger charge is 2.08. The number of benzene rings is 1. The van der Waals surface area contributed by atoms with E-state index in [9.17, 15) is 0 Å². The molecule has 0 aliphatic rings. The van der Waals surface area contributed by atoms with E-state index in [-0.39, 0.29) is 0 Å². The first-order valence-electron chi connectivity index (χ1n) is 5.58. The molecular weight excluding hydrogens is 246 g/mol. The van der Waals surface area contributed by atoms with Crippen LogP contribution in [0.15, 0.2) is 42.9 Å². The quantitative estimate of drug-likeness (QED) is 0.623. The second kappa shape index (κ2) is 4.35. The molecule has 3 rings (SSSR count). The highest BCUT2D eigenvalue weighted by Crippen LogP contribution is 2.26. The second-order valence-electron chi connectivity index (χ2n) is 4.05. The Morgan fingerprint density at radius 1 is 1.06 bits per heavy atom. The Labute approximate surface area is 109 Å². The lowest BCUT2D eigenvalue weighted by Gasteiger charge is -2.06. The van der Waals surface area contributed by atoms with Gasteiger partial charge in [0.25, 0.3) is 0 Å². The van der Waals surface area contributed by atoms with Crippen molar-refractivity contribution in [3.8, 4) is 11.3 Å². The Kier molecular flexibility index (Phi) is 2.68. The molecule has 4 heteroatoms. The van der Waals surface area contributed by atoms with E-state index in [0.29, 0.717) is 5.15 Å². The fourth-order valence-electron chi connectivity index (χ4n) is 1.93. The largest absolute Gasteiger partial charge is 0.256 e. The van der Waals surface area contributed by atoms with Crippen LogP contribution < -0.4 is 0 Å². The average Bonchev–Trinajstić information content (AvgIpc) is 2.41. The number of pyridine rings is 1. The van der Waals surface area contributed by atoms with E-state index in [0.717, 1.165) is 27.7 Å². The van der Waals surface area contributed by atoms with Gasteiger partial charge in [0.05, 0.1) is 11.2 Å². The van der Waals surface area contributed by atoms with Gasteiger partial charge in [-0.2, -0.15) is 0 Å². The minimum absolute atomic E-state index is 0.487. The monoisotopic (exact) mass is 255 g/mol. The molecule has 2 aromatic heterocycles. The van der Waals surface area contributed by atoms with E-state index < -0.39 is 0 Å². The number of halogens is 1. The summed E-state index contributed by atoms with van der Waals surface area (Å²) in [5, 5.41) is 1.60. The molecule has 2 heterocycles. The molecule has 0 saturated carbocycles. The lowest BCUT2D eigenvalue weighted by Crippen LogP contribution is -1.92. The first-order valence-corrected chi connectivity index (χ1v) is 5.96. The van der Waals surface area contributed by atoms with E-state index in [2.05, 4.69) is 15.0 Å². The first-order chi connectivity index (χ1) is 8.75. The van der Waals surface area contributed by atoms with Crippen LogP contribution in [0.25, 0.3) is 22.2 Å². The topological polar surface area (TPSA) is 38.7 Å². The van der Waals surface area contributed by atoms with Crippen LogP contribution in [-0.2, 0) is 0 Å². The van der Waals surface area contributed by atoms with Crippen molar-refractivity contribution >= 4 is 22.5 Å². The smallest absolute Gasteiger partial charge is 0.135 e. The van der Waals surface area contributed by atoms with Gasteiger partial charge in [-0.3, -0.25) is 4.98 Å². The van der Waals surface area contributed by atoms with Gasteiger partial charge in [-0.05, 0) is 19.1 Å². The average molecular weight is 256 g/mol. The minimum Gasteiger partial charge on any atom is -0.256 e. The third-order valence-corrected chi connectivity index (χ3v) is 3.28. The molecule has 18 heavy (non-hydrogen) atoms. The SMILES string of the molecule is Cc1c(Cl)ncnc1-c1ccc2cccnc2c1. The highest BCUT2D eigenvalue weighted by atomic mass is 35.5. The number of aromatic nitrogens is 3. The number of rotatable bonds is 1.